The highest BCUT2D eigenvalue weighted by Crippen LogP contribution is 2.28. The van der Waals surface area contributed by atoms with Crippen molar-refractivity contribution in [2.24, 2.45) is 0 Å². The lowest BCUT2D eigenvalue weighted by Gasteiger charge is -2.28. The molecule has 0 bridgehead atoms. The first-order valence-corrected chi connectivity index (χ1v) is 7.75. The summed E-state index contributed by atoms with van der Waals surface area (Å²) in [5.41, 5.74) is 1.01. The fraction of sp³-hybridized carbons (Fsp3) is 0.571. The van der Waals surface area contributed by atoms with Gasteiger partial charge < -0.3 is 15.5 Å². The molecule has 2 rings (SSSR count). The van der Waals surface area contributed by atoms with Gasteiger partial charge in [0.25, 0.3) is 0 Å². The minimum absolute atomic E-state index is 0.0413. The molecule has 4 heteroatoms. The minimum atomic E-state index is -0.0563. The topological polar surface area (TPSA) is 52.5 Å². The number of hydrogen-bond acceptors (Lipinski definition) is 4. The number of benzene rings is 1. The Bertz CT molecular complexity index is 389. The van der Waals surface area contributed by atoms with Crippen molar-refractivity contribution in [2.45, 2.75) is 43.5 Å². The first kappa shape index (κ1) is 13.6. The number of hydrogen-bond donors (Lipinski definition) is 3. The molecule has 0 unspecified atom stereocenters. The minimum Gasteiger partial charge on any atom is -0.504 e. The molecule has 0 aromatic heterocycles. The molecule has 3 nitrogen and oxygen atoms in total. The molecule has 1 aromatic carbocycles. The van der Waals surface area contributed by atoms with E-state index in [-0.39, 0.29) is 11.5 Å². The van der Waals surface area contributed by atoms with Gasteiger partial charge in [-0.25, -0.2) is 0 Å². The number of thioether (sulfide) groups is 1. The van der Waals surface area contributed by atoms with Gasteiger partial charge in [0.2, 0.25) is 0 Å². The molecular weight excluding hydrogens is 246 g/mol. The fourth-order valence-electron chi connectivity index (χ4n) is 2.44. The largest absolute Gasteiger partial charge is 0.504 e. The zero-order valence-corrected chi connectivity index (χ0v) is 11.5. The summed E-state index contributed by atoms with van der Waals surface area (Å²) < 4.78 is 0. The Morgan fingerprint density at radius 2 is 1.89 bits per heavy atom. The summed E-state index contributed by atoms with van der Waals surface area (Å²) in [5, 5.41) is 23.0. The molecule has 0 radical (unpaired) electrons. The maximum absolute atomic E-state index is 9.42. The van der Waals surface area contributed by atoms with Gasteiger partial charge in [-0.1, -0.05) is 6.07 Å². The predicted octanol–water partition coefficient (Wildman–Crippen LogP) is 2.86. The molecule has 0 heterocycles. The predicted molar refractivity (Wildman–Crippen MR) is 76.2 cm³/mol. The molecule has 0 saturated heterocycles. The lowest BCUT2D eigenvalue weighted by molar-refractivity contribution is 0.377. The second-order valence-corrected chi connectivity index (χ2v) is 6.05. The van der Waals surface area contributed by atoms with Crippen molar-refractivity contribution in [1.29, 1.82) is 0 Å². The van der Waals surface area contributed by atoms with Crippen LogP contribution in [0.4, 0.5) is 0 Å². The summed E-state index contributed by atoms with van der Waals surface area (Å²) in [6, 6.07) is 5.59. The van der Waals surface area contributed by atoms with E-state index in [1.54, 1.807) is 6.07 Å². The maximum atomic E-state index is 9.42. The molecule has 100 valence electrons. The van der Waals surface area contributed by atoms with Crippen LogP contribution in [0.5, 0.6) is 11.5 Å². The van der Waals surface area contributed by atoms with E-state index in [1.165, 1.54) is 31.7 Å². The summed E-state index contributed by atoms with van der Waals surface area (Å²) in [6.45, 7) is 0.752. The number of nitrogens with one attached hydrogen (secondary N) is 1. The van der Waals surface area contributed by atoms with Crippen LogP contribution in [0.25, 0.3) is 0 Å². The monoisotopic (exact) mass is 267 g/mol. The second kappa shape index (κ2) is 6.34. The summed E-state index contributed by atoms with van der Waals surface area (Å²) >= 11 is 1.98. The molecule has 1 saturated carbocycles. The third-order valence-corrected chi connectivity index (χ3v) is 4.78. The van der Waals surface area contributed by atoms with Crippen molar-refractivity contribution in [3.8, 4) is 11.5 Å². The van der Waals surface area contributed by atoms with Gasteiger partial charge in [-0.05, 0) is 49.6 Å². The van der Waals surface area contributed by atoms with E-state index in [9.17, 15) is 10.2 Å². The van der Waals surface area contributed by atoms with Gasteiger partial charge in [0, 0.05) is 17.8 Å². The Morgan fingerprint density at radius 1 is 1.17 bits per heavy atom. The van der Waals surface area contributed by atoms with E-state index in [0.717, 1.165) is 17.4 Å². The van der Waals surface area contributed by atoms with Crippen molar-refractivity contribution in [3.63, 3.8) is 0 Å². The lowest BCUT2D eigenvalue weighted by Crippen LogP contribution is -2.33. The van der Waals surface area contributed by atoms with Crippen LogP contribution in [0.2, 0.25) is 0 Å². The molecule has 0 aliphatic heterocycles. The van der Waals surface area contributed by atoms with Crippen LogP contribution < -0.4 is 5.32 Å². The molecule has 0 atom stereocenters. The second-order valence-electron chi connectivity index (χ2n) is 4.91. The van der Waals surface area contributed by atoms with Gasteiger partial charge in [-0.2, -0.15) is 11.8 Å². The average Bonchev–Trinajstić information content (AvgIpc) is 2.41. The van der Waals surface area contributed by atoms with Crippen LogP contribution in [0.1, 0.15) is 31.2 Å². The number of phenols is 2. The van der Waals surface area contributed by atoms with Crippen molar-refractivity contribution in [3.05, 3.63) is 23.8 Å². The quantitative estimate of drug-likeness (QED) is 0.734. The van der Waals surface area contributed by atoms with E-state index in [2.05, 4.69) is 11.6 Å². The van der Waals surface area contributed by atoms with Crippen molar-refractivity contribution < 1.29 is 10.2 Å². The number of aromatic hydroxyl groups is 2. The van der Waals surface area contributed by atoms with Crippen molar-refractivity contribution >= 4 is 11.8 Å². The summed E-state index contributed by atoms with van der Waals surface area (Å²) in [5.74, 6) is -0.0976. The van der Waals surface area contributed by atoms with Crippen LogP contribution in [0.15, 0.2) is 18.2 Å². The van der Waals surface area contributed by atoms with Crippen LogP contribution in [0, 0.1) is 0 Å². The first-order valence-electron chi connectivity index (χ1n) is 6.46. The van der Waals surface area contributed by atoms with E-state index in [0.29, 0.717) is 6.04 Å². The Kier molecular flexibility index (Phi) is 4.78. The Balaban J connectivity index is 1.79. The van der Waals surface area contributed by atoms with E-state index >= 15 is 0 Å². The van der Waals surface area contributed by atoms with Gasteiger partial charge in [0.1, 0.15) is 0 Å². The van der Waals surface area contributed by atoms with Crippen LogP contribution >= 0.6 is 11.8 Å². The summed E-state index contributed by atoms with van der Waals surface area (Å²) in [4.78, 5) is 0. The number of phenolic OH excluding ortho intramolecular Hbond substituents is 2. The van der Waals surface area contributed by atoms with E-state index < -0.39 is 0 Å². The zero-order chi connectivity index (χ0) is 13.0. The van der Waals surface area contributed by atoms with E-state index in [4.69, 9.17) is 0 Å². The third kappa shape index (κ3) is 3.56. The van der Waals surface area contributed by atoms with Crippen molar-refractivity contribution in [2.75, 3.05) is 6.26 Å². The Hall–Kier alpha value is -0.870. The fourth-order valence-corrected chi connectivity index (χ4v) is 3.19. The van der Waals surface area contributed by atoms with Gasteiger partial charge >= 0.3 is 0 Å². The molecule has 1 aromatic rings. The van der Waals surface area contributed by atoms with Gasteiger partial charge in [0.05, 0.1) is 0 Å². The SMILES string of the molecule is CSC1CCC(NCc2ccc(O)c(O)c2)CC1. The van der Waals surface area contributed by atoms with Crippen LogP contribution in [-0.4, -0.2) is 27.8 Å². The molecule has 0 spiro atoms. The Labute approximate surface area is 113 Å². The highest BCUT2D eigenvalue weighted by molar-refractivity contribution is 7.99. The zero-order valence-electron chi connectivity index (χ0n) is 10.7. The highest BCUT2D eigenvalue weighted by atomic mass is 32.2. The standard InChI is InChI=1S/C14H21NO2S/c1-18-12-5-3-11(4-6-12)15-9-10-2-7-13(16)14(17)8-10/h2,7-8,11-12,15-17H,3-6,9H2,1H3. The smallest absolute Gasteiger partial charge is 0.157 e. The van der Waals surface area contributed by atoms with Gasteiger partial charge in [-0.3, -0.25) is 0 Å². The summed E-state index contributed by atoms with van der Waals surface area (Å²) in [6.07, 6.45) is 7.24. The first-order chi connectivity index (χ1) is 8.69. The molecule has 1 aliphatic carbocycles. The van der Waals surface area contributed by atoms with Gasteiger partial charge in [0.15, 0.2) is 11.5 Å². The number of rotatable bonds is 4. The average molecular weight is 267 g/mol. The molecular formula is C14H21NO2S. The highest BCUT2D eigenvalue weighted by Gasteiger charge is 2.19. The van der Waals surface area contributed by atoms with Crippen LogP contribution in [0.3, 0.4) is 0 Å². The molecule has 0 amide bonds. The normalized spacial score (nSPS) is 24.1. The molecule has 18 heavy (non-hydrogen) atoms. The van der Waals surface area contributed by atoms with Crippen LogP contribution in [-0.2, 0) is 6.54 Å². The molecule has 1 aliphatic rings. The van der Waals surface area contributed by atoms with Gasteiger partial charge in [-0.15, -0.1) is 0 Å². The van der Waals surface area contributed by atoms with Crippen molar-refractivity contribution in [1.82, 2.24) is 5.32 Å². The molecule has 3 N–H and O–H groups in total. The van der Waals surface area contributed by atoms with E-state index in [1.807, 2.05) is 17.8 Å². The molecule has 1 fully saturated rings. The third-order valence-electron chi connectivity index (χ3n) is 3.64. The Morgan fingerprint density at radius 3 is 2.50 bits per heavy atom. The summed E-state index contributed by atoms with van der Waals surface area (Å²) in [7, 11) is 0. The maximum Gasteiger partial charge on any atom is 0.157 e. The lowest BCUT2D eigenvalue weighted by atomic mass is 9.95.